The number of aromatic nitrogens is 3. The number of para-hydroxylation sites is 1. The van der Waals surface area contributed by atoms with Crippen LogP contribution in [0.15, 0.2) is 78.6 Å². The third-order valence-corrected chi connectivity index (χ3v) is 6.38. The summed E-state index contributed by atoms with van der Waals surface area (Å²) in [6, 6.07) is 17.9. The van der Waals surface area contributed by atoms with Crippen LogP contribution in [0.25, 0.3) is 16.9 Å². The van der Waals surface area contributed by atoms with Crippen molar-refractivity contribution in [3.05, 3.63) is 89.0 Å². The monoisotopic (exact) mass is 429 g/mol. The van der Waals surface area contributed by atoms with Crippen LogP contribution >= 0.6 is 11.3 Å². The van der Waals surface area contributed by atoms with E-state index in [0.29, 0.717) is 24.3 Å². The smallest absolute Gasteiger partial charge is 0.257 e. The van der Waals surface area contributed by atoms with Crippen LogP contribution in [0.3, 0.4) is 0 Å². The molecule has 1 fully saturated rings. The van der Waals surface area contributed by atoms with Gasteiger partial charge in [0, 0.05) is 61.8 Å². The van der Waals surface area contributed by atoms with Crippen molar-refractivity contribution >= 4 is 17.2 Å². The van der Waals surface area contributed by atoms with E-state index in [2.05, 4.69) is 27.4 Å². The Balaban J connectivity index is 1.38. The van der Waals surface area contributed by atoms with Gasteiger partial charge >= 0.3 is 0 Å². The van der Waals surface area contributed by atoms with Gasteiger partial charge in [0.2, 0.25) is 0 Å². The molecule has 156 valence electrons. The van der Waals surface area contributed by atoms with E-state index in [1.165, 1.54) is 4.88 Å². The van der Waals surface area contributed by atoms with E-state index < -0.39 is 0 Å². The van der Waals surface area contributed by atoms with Crippen LogP contribution in [0.2, 0.25) is 0 Å². The molecule has 3 aromatic heterocycles. The number of rotatable bonds is 5. The van der Waals surface area contributed by atoms with Crippen LogP contribution in [0, 0.1) is 0 Å². The minimum atomic E-state index is 0.0248. The first-order valence-electron chi connectivity index (χ1n) is 10.4. The van der Waals surface area contributed by atoms with E-state index in [9.17, 15) is 4.79 Å². The number of pyridine rings is 1. The van der Waals surface area contributed by atoms with Crippen LogP contribution in [-0.4, -0.2) is 56.7 Å². The Labute approximate surface area is 185 Å². The van der Waals surface area contributed by atoms with Gasteiger partial charge in [0.15, 0.2) is 0 Å². The van der Waals surface area contributed by atoms with Gasteiger partial charge < -0.3 is 4.90 Å². The second kappa shape index (κ2) is 8.83. The van der Waals surface area contributed by atoms with E-state index in [1.54, 1.807) is 28.4 Å². The molecule has 1 aliphatic heterocycles. The summed E-state index contributed by atoms with van der Waals surface area (Å²) in [5.41, 5.74) is 3.05. The highest BCUT2D eigenvalue weighted by atomic mass is 32.1. The minimum absolute atomic E-state index is 0.0248. The Bertz CT molecular complexity index is 1130. The average molecular weight is 430 g/mol. The standard InChI is InChI=1S/C24H23N5OS/c30-24(28-13-11-27(12-14-28)17-21-9-5-15-31-21)22-18-29(20-7-2-1-3-8-20)26-23(22)19-6-4-10-25-16-19/h1-10,15-16,18H,11-14,17H2. The van der Waals surface area contributed by atoms with Crippen molar-refractivity contribution in [3.63, 3.8) is 0 Å². The molecule has 1 aliphatic rings. The molecule has 0 unspecified atom stereocenters. The number of hydrogen-bond acceptors (Lipinski definition) is 5. The van der Waals surface area contributed by atoms with Gasteiger partial charge in [-0.3, -0.25) is 14.7 Å². The van der Waals surface area contributed by atoms with Crippen LogP contribution < -0.4 is 0 Å². The fraction of sp³-hybridized carbons (Fsp3) is 0.208. The molecule has 0 bridgehead atoms. The fourth-order valence-electron chi connectivity index (χ4n) is 3.86. The van der Waals surface area contributed by atoms with Crippen molar-refractivity contribution < 1.29 is 4.79 Å². The molecule has 4 aromatic rings. The number of amides is 1. The average Bonchev–Trinajstić information content (AvgIpc) is 3.51. The number of carbonyl (C=O) groups excluding carboxylic acids is 1. The van der Waals surface area contributed by atoms with Crippen molar-refractivity contribution in [2.75, 3.05) is 26.2 Å². The van der Waals surface area contributed by atoms with Gasteiger partial charge in [-0.25, -0.2) is 4.68 Å². The quantitative estimate of drug-likeness (QED) is 0.482. The summed E-state index contributed by atoms with van der Waals surface area (Å²) in [5.74, 6) is 0.0248. The SMILES string of the molecule is O=C(c1cn(-c2ccccc2)nc1-c1cccnc1)N1CCN(Cc2cccs2)CC1. The number of piperazine rings is 1. The van der Waals surface area contributed by atoms with Crippen molar-refractivity contribution in [3.8, 4) is 16.9 Å². The molecule has 0 aliphatic carbocycles. The van der Waals surface area contributed by atoms with Crippen molar-refractivity contribution in [2.24, 2.45) is 0 Å². The highest BCUT2D eigenvalue weighted by molar-refractivity contribution is 7.09. The molecule has 0 atom stereocenters. The zero-order valence-corrected chi connectivity index (χ0v) is 17.9. The molecular formula is C24H23N5OS. The lowest BCUT2D eigenvalue weighted by Gasteiger charge is -2.34. The first-order valence-corrected chi connectivity index (χ1v) is 11.3. The highest BCUT2D eigenvalue weighted by Gasteiger charge is 2.26. The third-order valence-electron chi connectivity index (χ3n) is 5.52. The number of carbonyl (C=O) groups is 1. The summed E-state index contributed by atoms with van der Waals surface area (Å²) in [4.78, 5) is 23.4. The van der Waals surface area contributed by atoms with Crippen LogP contribution in [0.1, 0.15) is 15.2 Å². The molecular weight excluding hydrogens is 406 g/mol. The number of benzene rings is 1. The van der Waals surface area contributed by atoms with Gasteiger partial charge in [0.25, 0.3) is 5.91 Å². The maximum absolute atomic E-state index is 13.5. The predicted octanol–water partition coefficient (Wildman–Crippen LogP) is 3.95. The Morgan fingerprint density at radius 3 is 2.52 bits per heavy atom. The van der Waals surface area contributed by atoms with Crippen LogP contribution in [0.4, 0.5) is 0 Å². The molecule has 31 heavy (non-hydrogen) atoms. The molecule has 1 saturated heterocycles. The molecule has 0 N–H and O–H groups in total. The van der Waals surface area contributed by atoms with Gasteiger partial charge in [0.1, 0.15) is 5.69 Å². The third kappa shape index (κ3) is 4.28. The zero-order valence-electron chi connectivity index (χ0n) is 17.1. The zero-order chi connectivity index (χ0) is 21.0. The summed E-state index contributed by atoms with van der Waals surface area (Å²) in [6.07, 6.45) is 5.33. The van der Waals surface area contributed by atoms with Gasteiger partial charge in [0.05, 0.1) is 11.3 Å². The van der Waals surface area contributed by atoms with E-state index in [1.807, 2.05) is 53.6 Å². The van der Waals surface area contributed by atoms with Gasteiger partial charge in [-0.1, -0.05) is 24.3 Å². The first-order chi connectivity index (χ1) is 15.3. The minimum Gasteiger partial charge on any atom is -0.336 e. The van der Waals surface area contributed by atoms with Gasteiger partial charge in [-0.05, 0) is 35.7 Å². The summed E-state index contributed by atoms with van der Waals surface area (Å²) >= 11 is 1.78. The first kappa shape index (κ1) is 19.7. The van der Waals surface area contributed by atoms with E-state index in [0.717, 1.165) is 30.9 Å². The molecule has 6 nitrogen and oxygen atoms in total. The second-order valence-corrected chi connectivity index (χ2v) is 8.59. The molecule has 4 heterocycles. The van der Waals surface area contributed by atoms with E-state index in [4.69, 9.17) is 5.10 Å². The maximum Gasteiger partial charge on any atom is 0.257 e. The molecule has 0 spiro atoms. The summed E-state index contributed by atoms with van der Waals surface area (Å²) in [7, 11) is 0. The Hall–Kier alpha value is -3.29. The lowest BCUT2D eigenvalue weighted by molar-refractivity contribution is 0.0630. The van der Waals surface area contributed by atoms with E-state index >= 15 is 0 Å². The Morgan fingerprint density at radius 1 is 0.968 bits per heavy atom. The Kier molecular flexibility index (Phi) is 5.60. The number of nitrogens with zero attached hydrogens (tertiary/aromatic N) is 5. The normalized spacial score (nSPS) is 14.6. The number of hydrogen-bond donors (Lipinski definition) is 0. The molecule has 1 amide bonds. The summed E-state index contributed by atoms with van der Waals surface area (Å²) in [6.45, 7) is 4.13. The van der Waals surface area contributed by atoms with Gasteiger partial charge in [-0.15, -0.1) is 11.3 Å². The van der Waals surface area contributed by atoms with Crippen LogP contribution in [0.5, 0.6) is 0 Å². The molecule has 1 aromatic carbocycles. The fourth-order valence-corrected chi connectivity index (χ4v) is 4.61. The molecule has 7 heteroatoms. The Morgan fingerprint density at radius 2 is 1.81 bits per heavy atom. The van der Waals surface area contributed by atoms with Gasteiger partial charge in [-0.2, -0.15) is 5.10 Å². The van der Waals surface area contributed by atoms with Crippen molar-refractivity contribution in [2.45, 2.75) is 6.54 Å². The second-order valence-electron chi connectivity index (χ2n) is 7.56. The summed E-state index contributed by atoms with van der Waals surface area (Å²) in [5, 5.41) is 6.86. The largest absolute Gasteiger partial charge is 0.336 e. The number of thiophene rings is 1. The lowest BCUT2D eigenvalue weighted by Crippen LogP contribution is -2.48. The van der Waals surface area contributed by atoms with Crippen molar-refractivity contribution in [1.29, 1.82) is 0 Å². The molecule has 0 radical (unpaired) electrons. The van der Waals surface area contributed by atoms with Crippen molar-refractivity contribution in [1.82, 2.24) is 24.6 Å². The predicted molar refractivity (Wildman–Crippen MR) is 122 cm³/mol. The molecule has 0 saturated carbocycles. The maximum atomic E-state index is 13.5. The topological polar surface area (TPSA) is 54.3 Å². The highest BCUT2D eigenvalue weighted by Crippen LogP contribution is 2.25. The summed E-state index contributed by atoms with van der Waals surface area (Å²) < 4.78 is 1.78. The lowest BCUT2D eigenvalue weighted by atomic mass is 10.1. The van der Waals surface area contributed by atoms with Crippen LogP contribution in [-0.2, 0) is 6.54 Å². The van der Waals surface area contributed by atoms with E-state index in [-0.39, 0.29) is 5.91 Å². The molecule has 5 rings (SSSR count).